The zero-order valence-corrected chi connectivity index (χ0v) is 12.0. The SMILES string of the molecule is CC(C#N)CNC(C)c1cc2cc(Br)ccc2o1. The molecule has 0 amide bonds. The number of nitrogens with one attached hydrogen (secondary N) is 1. The molecule has 0 bridgehead atoms. The number of furan rings is 1. The van der Waals surface area contributed by atoms with Gasteiger partial charge in [-0.25, -0.2) is 0 Å². The first-order valence-electron chi connectivity index (χ1n) is 5.92. The van der Waals surface area contributed by atoms with Crippen LogP contribution >= 0.6 is 15.9 Å². The predicted molar refractivity (Wildman–Crippen MR) is 75.1 cm³/mol. The number of nitriles is 1. The quantitative estimate of drug-likeness (QED) is 0.928. The van der Waals surface area contributed by atoms with Crippen molar-refractivity contribution in [1.29, 1.82) is 5.26 Å². The zero-order valence-electron chi connectivity index (χ0n) is 10.4. The first-order valence-corrected chi connectivity index (χ1v) is 6.71. The molecule has 0 saturated carbocycles. The van der Waals surface area contributed by atoms with Gasteiger partial charge in [-0.1, -0.05) is 15.9 Å². The number of hydrogen-bond donors (Lipinski definition) is 1. The van der Waals surface area contributed by atoms with Crippen LogP contribution in [-0.2, 0) is 0 Å². The summed E-state index contributed by atoms with van der Waals surface area (Å²) in [6.07, 6.45) is 0. The Morgan fingerprint density at radius 2 is 2.17 bits per heavy atom. The molecule has 0 aliphatic carbocycles. The van der Waals surface area contributed by atoms with Gasteiger partial charge in [-0.3, -0.25) is 0 Å². The van der Waals surface area contributed by atoms with Crippen LogP contribution in [0, 0.1) is 17.2 Å². The maximum atomic E-state index is 8.74. The largest absolute Gasteiger partial charge is 0.459 e. The van der Waals surface area contributed by atoms with Crippen molar-refractivity contribution in [2.45, 2.75) is 19.9 Å². The van der Waals surface area contributed by atoms with Crippen LogP contribution in [0.2, 0.25) is 0 Å². The zero-order chi connectivity index (χ0) is 13.1. The summed E-state index contributed by atoms with van der Waals surface area (Å²) >= 11 is 3.44. The van der Waals surface area contributed by atoms with Gasteiger partial charge in [-0.05, 0) is 38.1 Å². The van der Waals surface area contributed by atoms with Gasteiger partial charge in [-0.15, -0.1) is 0 Å². The Balaban J connectivity index is 2.13. The molecule has 18 heavy (non-hydrogen) atoms. The molecule has 1 N–H and O–H groups in total. The van der Waals surface area contributed by atoms with Gasteiger partial charge in [0.1, 0.15) is 11.3 Å². The summed E-state index contributed by atoms with van der Waals surface area (Å²) in [5.41, 5.74) is 0.884. The van der Waals surface area contributed by atoms with E-state index in [1.807, 2.05) is 38.1 Å². The highest BCUT2D eigenvalue weighted by molar-refractivity contribution is 9.10. The minimum Gasteiger partial charge on any atom is -0.459 e. The normalized spacial score (nSPS) is 14.3. The Hall–Kier alpha value is -1.31. The van der Waals surface area contributed by atoms with E-state index in [0.29, 0.717) is 6.54 Å². The maximum Gasteiger partial charge on any atom is 0.134 e. The Kier molecular flexibility index (Phi) is 4.05. The van der Waals surface area contributed by atoms with E-state index < -0.39 is 0 Å². The van der Waals surface area contributed by atoms with Crippen LogP contribution in [-0.4, -0.2) is 6.54 Å². The molecule has 0 fully saturated rings. The first kappa shape index (κ1) is 13.1. The van der Waals surface area contributed by atoms with E-state index in [9.17, 15) is 0 Å². The molecule has 0 radical (unpaired) electrons. The second kappa shape index (κ2) is 5.55. The molecule has 0 spiro atoms. The molecular weight excluding hydrogens is 292 g/mol. The van der Waals surface area contributed by atoms with E-state index in [4.69, 9.17) is 9.68 Å². The highest BCUT2D eigenvalue weighted by atomic mass is 79.9. The van der Waals surface area contributed by atoms with Crippen molar-refractivity contribution in [2.24, 2.45) is 5.92 Å². The van der Waals surface area contributed by atoms with Crippen LogP contribution in [0.5, 0.6) is 0 Å². The average molecular weight is 307 g/mol. The monoisotopic (exact) mass is 306 g/mol. The van der Waals surface area contributed by atoms with Gasteiger partial charge in [0.15, 0.2) is 0 Å². The molecule has 2 aromatic rings. The summed E-state index contributed by atoms with van der Waals surface area (Å²) in [5.74, 6) is 0.902. The maximum absolute atomic E-state index is 8.74. The molecule has 1 aromatic heterocycles. The van der Waals surface area contributed by atoms with Crippen LogP contribution in [0.1, 0.15) is 25.6 Å². The summed E-state index contributed by atoms with van der Waals surface area (Å²) < 4.78 is 6.83. The van der Waals surface area contributed by atoms with Crippen LogP contribution in [0.3, 0.4) is 0 Å². The van der Waals surface area contributed by atoms with E-state index in [1.54, 1.807) is 0 Å². The fourth-order valence-corrected chi connectivity index (χ4v) is 2.13. The topological polar surface area (TPSA) is 49.0 Å². The number of hydrogen-bond acceptors (Lipinski definition) is 3. The Morgan fingerprint density at radius 3 is 2.89 bits per heavy atom. The van der Waals surface area contributed by atoms with Gasteiger partial charge in [0, 0.05) is 16.4 Å². The summed E-state index contributed by atoms with van der Waals surface area (Å²) in [6.45, 7) is 4.60. The Morgan fingerprint density at radius 1 is 1.39 bits per heavy atom. The third-order valence-electron chi connectivity index (χ3n) is 2.87. The van der Waals surface area contributed by atoms with Crippen molar-refractivity contribution in [3.8, 4) is 6.07 Å². The second-order valence-corrected chi connectivity index (χ2v) is 5.41. The lowest BCUT2D eigenvalue weighted by Gasteiger charge is -2.11. The van der Waals surface area contributed by atoms with Gasteiger partial charge >= 0.3 is 0 Å². The van der Waals surface area contributed by atoms with E-state index in [2.05, 4.69) is 27.3 Å². The first-order chi connectivity index (χ1) is 8.60. The molecule has 2 atom stereocenters. The van der Waals surface area contributed by atoms with Gasteiger partial charge in [0.05, 0.1) is 18.0 Å². The van der Waals surface area contributed by atoms with Gasteiger partial charge in [0.2, 0.25) is 0 Å². The minimum atomic E-state index is 0.00553. The number of halogens is 1. The highest BCUT2D eigenvalue weighted by Gasteiger charge is 2.12. The van der Waals surface area contributed by atoms with Gasteiger partial charge in [0.25, 0.3) is 0 Å². The molecule has 1 heterocycles. The molecule has 1 aromatic carbocycles. The number of rotatable bonds is 4. The summed E-state index contributed by atoms with van der Waals surface area (Å²) in [5, 5.41) is 13.1. The lowest BCUT2D eigenvalue weighted by molar-refractivity contribution is 0.438. The molecule has 94 valence electrons. The molecule has 3 nitrogen and oxygen atoms in total. The molecule has 4 heteroatoms. The molecule has 2 unspecified atom stereocenters. The third-order valence-corrected chi connectivity index (χ3v) is 3.37. The lowest BCUT2D eigenvalue weighted by Crippen LogP contribution is -2.23. The number of benzene rings is 1. The van der Waals surface area contributed by atoms with Crippen LogP contribution in [0.25, 0.3) is 11.0 Å². The fourth-order valence-electron chi connectivity index (χ4n) is 1.75. The van der Waals surface area contributed by atoms with Crippen molar-refractivity contribution in [2.75, 3.05) is 6.54 Å². The van der Waals surface area contributed by atoms with E-state index in [0.717, 1.165) is 21.2 Å². The molecule has 0 aliphatic heterocycles. The fraction of sp³-hybridized carbons (Fsp3) is 0.357. The predicted octanol–water partition coefficient (Wildman–Crippen LogP) is 4.01. The number of nitrogens with zero attached hydrogens (tertiary/aromatic N) is 1. The Bertz CT molecular complexity index is 585. The minimum absolute atomic E-state index is 0.00553. The van der Waals surface area contributed by atoms with E-state index >= 15 is 0 Å². The standard InChI is InChI=1S/C14H15BrN2O/c1-9(7-16)8-17-10(2)14-6-11-5-12(15)3-4-13(11)18-14/h3-6,9-10,17H,8H2,1-2H3. The molecule has 2 rings (SSSR count). The summed E-state index contributed by atoms with van der Waals surface area (Å²) in [6, 6.07) is 10.3. The molecule has 0 saturated heterocycles. The average Bonchev–Trinajstić information content (AvgIpc) is 2.78. The van der Waals surface area contributed by atoms with Crippen molar-refractivity contribution >= 4 is 26.9 Å². The van der Waals surface area contributed by atoms with Gasteiger partial charge in [-0.2, -0.15) is 5.26 Å². The van der Waals surface area contributed by atoms with Crippen LogP contribution in [0.15, 0.2) is 33.2 Å². The van der Waals surface area contributed by atoms with Crippen molar-refractivity contribution < 1.29 is 4.42 Å². The third kappa shape index (κ3) is 2.92. The van der Waals surface area contributed by atoms with Crippen molar-refractivity contribution in [1.82, 2.24) is 5.32 Å². The van der Waals surface area contributed by atoms with Crippen molar-refractivity contribution in [3.05, 3.63) is 34.5 Å². The molecule has 0 aliphatic rings. The van der Waals surface area contributed by atoms with E-state index in [-0.39, 0.29) is 12.0 Å². The van der Waals surface area contributed by atoms with Crippen LogP contribution < -0.4 is 5.32 Å². The molecular formula is C14H15BrN2O. The van der Waals surface area contributed by atoms with E-state index in [1.165, 1.54) is 0 Å². The highest BCUT2D eigenvalue weighted by Crippen LogP contribution is 2.26. The summed E-state index contributed by atoms with van der Waals surface area (Å²) in [4.78, 5) is 0. The second-order valence-electron chi connectivity index (χ2n) is 4.49. The lowest BCUT2D eigenvalue weighted by atomic mass is 10.1. The van der Waals surface area contributed by atoms with Crippen molar-refractivity contribution in [3.63, 3.8) is 0 Å². The smallest absolute Gasteiger partial charge is 0.134 e. The van der Waals surface area contributed by atoms with Gasteiger partial charge < -0.3 is 9.73 Å². The Labute approximate surface area is 115 Å². The summed E-state index contributed by atoms with van der Waals surface area (Å²) in [7, 11) is 0. The van der Waals surface area contributed by atoms with Crippen LogP contribution in [0.4, 0.5) is 0 Å². The number of fused-ring (bicyclic) bond motifs is 1.